The van der Waals surface area contributed by atoms with E-state index in [4.69, 9.17) is 4.74 Å². The lowest BCUT2D eigenvalue weighted by Gasteiger charge is -2.26. The van der Waals surface area contributed by atoms with Gasteiger partial charge in [-0.2, -0.15) is 0 Å². The predicted molar refractivity (Wildman–Crippen MR) is 117 cm³/mol. The first kappa shape index (κ1) is 21.8. The van der Waals surface area contributed by atoms with E-state index < -0.39 is 17.7 Å². The molecule has 1 amide bonds. The molecule has 2 aromatic carbocycles. The monoisotopic (exact) mass is 407 g/mol. The second kappa shape index (κ2) is 8.84. The van der Waals surface area contributed by atoms with Gasteiger partial charge >= 0.3 is 0 Å². The smallest absolute Gasteiger partial charge is 0.295 e. The fraction of sp³-hybridized carbons (Fsp3) is 0.360. The maximum absolute atomic E-state index is 12.9. The van der Waals surface area contributed by atoms with Crippen molar-refractivity contribution in [1.82, 2.24) is 4.90 Å². The molecule has 0 aromatic heterocycles. The second-order valence-electron chi connectivity index (χ2n) is 8.58. The van der Waals surface area contributed by atoms with Crippen molar-refractivity contribution in [2.75, 3.05) is 20.3 Å². The van der Waals surface area contributed by atoms with Crippen LogP contribution in [0.3, 0.4) is 0 Å². The number of Topliss-reactive ketones (excluding diaryl/α,β-unsaturated/α-hetero) is 1. The minimum atomic E-state index is -0.654. The van der Waals surface area contributed by atoms with Crippen LogP contribution in [0.1, 0.15) is 49.9 Å². The summed E-state index contributed by atoms with van der Waals surface area (Å²) in [5.74, 6) is -1.39. The SMILES string of the molecule is COCCCN1C(=O)C(=O)C(=C(O)c2ccccc2)[C@@H]1c1ccc(C(C)(C)C)cc1. The van der Waals surface area contributed by atoms with Crippen molar-refractivity contribution in [3.8, 4) is 0 Å². The maximum Gasteiger partial charge on any atom is 0.295 e. The molecule has 0 bridgehead atoms. The van der Waals surface area contributed by atoms with E-state index >= 15 is 0 Å². The molecule has 1 N–H and O–H groups in total. The van der Waals surface area contributed by atoms with Crippen molar-refractivity contribution in [2.45, 2.75) is 38.6 Å². The van der Waals surface area contributed by atoms with Gasteiger partial charge in [0.2, 0.25) is 0 Å². The number of amides is 1. The molecule has 3 rings (SSSR count). The predicted octanol–water partition coefficient (Wildman–Crippen LogP) is 4.44. The largest absolute Gasteiger partial charge is 0.507 e. The summed E-state index contributed by atoms with van der Waals surface area (Å²) in [7, 11) is 1.60. The zero-order valence-corrected chi connectivity index (χ0v) is 18.0. The molecule has 0 unspecified atom stereocenters. The Balaban J connectivity index is 2.10. The van der Waals surface area contributed by atoms with Crippen molar-refractivity contribution >= 4 is 17.4 Å². The highest BCUT2D eigenvalue weighted by atomic mass is 16.5. The number of methoxy groups -OCH3 is 1. The zero-order chi connectivity index (χ0) is 21.9. The molecule has 1 aliphatic heterocycles. The molecule has 1 aliphatic rings. The molecule has 2 aromatic rings. The minimum Gasteiger partial charge on any atom is -0.507 e. The summed E-state index contributed by atoms with van der Waals surface area (Å²) in [6, 6.07) is 16.2. The Labute approximate surface area is 178 Å². The summed E-state index contributed by atoms with van der Waals surface area (Å²) in [4.78, 5) is 27.3. The zero-order valence-electron chi connectivity index (χ0n) is 18.0. The Hall–Kier alpha value is -2.92. The Morgan fingerprint density at radius 3 is 2.23 bits per heavy atom. The van der Waals surface area contributed by atoms with E-state index in [1.54, 1.807) is 36.3 Å². The normalized spacial score (nSPS) is 18.8. The van der Waals surface area contributed by atoms with Crippen LogP contribution in [0.4, 0.5) is 0 Å². The van der Waals surface area contributed by atoms with E-state index in [2.05, 4.69) is 20.8 Å². The van der Waals surface area contributed by atoms with Crippen LogP contribution in [0.25, 0.3) is 5.76 Å². The maximum atomic E-state index is 12.9. The molecule has 5 nitrogen and oxygen atoms in total. The molecule has 1 fully saturated rings. The fourth-order valence-electron chi connectivity index (χ4n) is 3.75. The Morgan fingerprint density at radius 1 is 1.03 bits per heavy atom. The highest BCUT2D eigenvalue weighted by molar-refractivity contribution is 6.46. The van der Waals surface area contributed by atoms with Crippen LogP contribution < -0.4 is 0 Å². The van der Waals surface area contributed by atoms with E-state index in [1.165, 1.54) is 0 Å². The second-order valence-corrected chi connectivity index (χ2v) is 8.58. The number of carbonyl (C=O) groups excluding carboxylic acids is 2. The molecule has 1 heterocycles. The van der Waals surface area contributed by atoms with E-state index in [0.29, 0.717) is 25.1 Å². The van der Waals surface area contributed by atoms with E-state index in [9.17, 15) is 14.7 Å². The number of aliphatic hydroxyl groups is 1. The molecule has 1 saturated heterocycles. The topological polar surface area (TPSA) is 66.8 Å². The molecule has 5 heteroatoms. The third kappa shape index (κ3) is 4.31. The first-order chi connectivity index (χ1) is 14.3. The summed E-state index contributed by atoms with van der Waals surface area (Å²) in [5, 5.41) is 11.0. The molecule has 158 valence electrons. The first-order valence-corrected chi connectivity index (χ1v) is 10.2. The molecular formula is C25H29NO4. The van der Waals surface area contributed by atoms with E-state index in [0.717, 1.165) is 11.1 Å². The van der Waals surface area contributed by atoms with Crippen LogP contribution in [0.15, 0.2) is 60.2 Å². The first-order valence-electron chi connectivity index (χ1n) is 10.2. The van der Waals surface area contributed by atoms with Crippen LogP contribution in [0.2, 0.25) is 0 Å². The standard InChI is InChI=1S/C25H29NO4/c1-25(2,3)19-13-11-17(12-14-19)21-20(22(27)18-9-6-5-7-10-18)23(28)24(29)26(21)15-8-16-30-4/h5-7,9-14,21,27H,8,15-16H2,1-4H3/t21-/m0/s1. The van der Waals surface area contributed by atoms with Crippen LogP contribution in [0.5, 0.6) is 0 Å². The lowest BCUT2D eigenvalue weighted by Crippen LogP contribution is -2.31. The third-order valence-corrected chi connectivity index (χ3v) is 5.43. The number of aliphatic hydroxyl groups excluding tert-OH is 1. The summed E-state index contributed by atoms with van der Waals surface area (Å²) in [6.45, 7) is 7.25. The Bertz CT molecular complexity index is 939. The summed E-state index contributed by atoms with van der Waals surface area (Å²) in [5.41, 5.74) is 2.60. The number of hydrogen-bond acceptors (Lipinski definition) is 4. The van der Waals surface area contributed by atoms with Gasteiger partial charge in [0.15, 0.2) is 0 Å². The highest BCUT2D eigenvalue weighted by Gasteiger charge is 2.45. The minimum absolute atomic E-state index is 0.0111. The number of benzene rings is 2. The molecule has 0 spiro atoms. The third-order valence-electron chi connectivity index (χ3n) is 5.43. The fourth-order valence-corrected chi connectivity index (χ4v) is 3.75. The lowest BCUT2D eigenvalue weighted by atomic mass is 9.85. The van der Waals surface area contributed by atoms with Gasteiger partial charge in [-0.3, -0.25) is 9.59 Å². The number of ether oxygens (including phenoxy) is 1. The van der Waals surface area contributed by atoms with Gasteiger partial charge in [-0.15, -0.1) is 0 Å². The van der Waals surface area contributed by atoms with Crippen molar-refractivity contribution in [3.05, 3.63) is 76.9 Å². The summed E-state index contributed by atoms with van der Waals surface area (Å²) in [6.07, 6.45) is 0.603. The van der Waals surface area contributed by atoms with Crippen molar-refractivity contribution < 1.29 is 19.4 Å². The van der Waals surface area contributed by atoms with Crippen LogP contribution in [-0.2, 0) is 19.7 Å². The highest BCUT2D eigenvalue weighted by Crippen LogP contribution is 2.40. The molecular weight excluding hydrogens is 378 g/mol. The quantitative estimate of drug-likeness (QED) is 0.333. The summed E-state index contributed by atoms with van der Waals surface area (Å²) < 4.78 is 5.12. The number of nitrogens with zero attached hydrogens (tertiary/aromatic N) is 1. The Kier molecular flexibility index (Phi) is 6.42. The van der Waals surface area contributed by atoms with Crippen molar-refractivity contribution in [1.29, 1.82) is 0 Å². The van der Waals surface area contributed by atoms with Crippen molar-refractivity contribution in [2.24, 2.45) is 0 Å². The van der Waals surface area contributed by atoms with Gasteiger partial charge in [0, 0.05) is 25.8 Å². The molecule has 0 radical (unpaired) electrons. The van der Waals surface area contributed by atoms with Gasteiger partial charge < -0.3 is 14.7 Å². The van der Waals surface area contributed by atoms with E-state index in [-0.39, 0.29) is 16.7 Å². The number of rotatable bonds is 6. The molecule has 0 aliphatic carbocycles. The number of carbonyl (C=O) groups is 2. The Morgan fingerprint density at radius 2 is 1.67 bits per heavy atom. The van der Waals surface area contributed by atoms with Crippen molar-refractivity contribution in [3.63, 3.8) is 0 Å². The van der Waals surface area contributed by atoms with Gasteiger partial charge in [-0.05, 0) is 23.0 Å². The number of ketones is 1. The molecule has 0 saturated carbocycles. The number of hydrogen-bond donors (Lipinski definition) is 1. The lowest BCUT2D eigenvalue weighted by molar-refractivity contribution is -0.140. The van der Waals surface area contributed by atoms with Gasteiger partial charge in [0.1, 0.15) is 5.76 Å². The molecule has 30 heavy (non-hydrogen) atoms. The van der Waals surface area contributed by atoms with Gasteiger partial charge in [-0.25, -0.2) is 0 Å². The van der Waals surface area contributed by atoms with Gasteiger partial charge in [-0.1, -0.05) is 75.4 Å². The van der Waals surface area contributed by atoms with Gasteiger partial charge in [0.25, 0.3) is 11.7 Å². The summed E-state index contributed by atoms with van der Waals surface area (Å²) >= 11 is 0. The average molecular weight is 408 g/mol. The molecule has 1 atom stereocenters. The van der Waals surface area contributed by atoms with Crippen LogP contribution in [0, 0.1) is 0 Å². The average Bonchev–Trinajstić information content (AvgIpc) is 2.98. The number of likely N-dealkylation sites (tertiary alicyclic amines) is 1. The van der Waals surface area contributed by atoms with Crippen LogP contribution in [-0.4, -0.2) is 42.0 Å². The van der Waals surface area contributed by atoms with Gasteiger partial charge in [0.05, 0.1) is 11.6 Å². The van der Waals surface area contributed by atoms with Crippen LogP contribution >= 0.6 is 0 Å². The van der Waals surface area contributed by atoms with E-state index in [1.807, 2.05) is 30.3 Å².